The minimum Gasteiger partial charge on any atom is -0.451 e. The summed E-state index contributed by atoms with van der Waals surface area (Å²) in [4.78, 5) is 35.8. The number of fused-ring (bicyclic) bond motifs is 1. The van der Waals surface area contributed by atoms with Gasteiger partial charge in [-0.2, -0.15) is 0 Å². The molecular weight excluding hydrogens is 376 g/mol. The van der Waals surface area contributed by atoms with Gasteiger partial charge in [-0.1, -0.05) is 12.1 Å². The summed E-state index contributed by atoms with van der Waals surface area (Å²) in [7, 11) is 0. The topological polar surface area (TPSA) is 119 Å². The van der Waals surface area contributed by atoms with Gasteiger partial charge in [-0.05, 0) is 49.4 Å². The molecule has 152 valence electrons. The summed E-state index contributed by atoms with van der Waals surface area (Å²) in [6, 6.07) is 9.22. The zero-order chi connectivity index (χ0) is 21.0. The van der Waals surface area contributed by atoms with Gasteiger partial charge in [-0.25, -0.2) is 4.79 Å². The highest BCUT2D eigenvalue weighted by Crippen LogP contribution is 2.25. The minimum atomic E-state index is -1.05. The zero-order valence-electron chi connectivity index (χ0n) is 16.0. The predicted molar refractivity (Wildman–Crippen MR) is 106 cm³/mol. The fourth-order valence-electron chi connectivity index (χ4n) is 3.40. The predicted octanol–water partition coefficient (Wildman–Crippen LogP) is 2.92. The third-order valence-corrected chi connectivity index (χ3v) is 4.90. The Bertz CT molecular complexity index is 956. The van der Waals surface area contributed by atoms with E-state index in [0.717, 1.165) is 30.9 Å². The van der Waals surface area contributed by atoms with Gasteiger partial charge in [-0.15, -0.1) is 0 Å². The first kappa shape index (κ1) is 20.5. The Balaban J connectivity index is 1.78. The van der Waals surface area contributed by atoms with E-state index >= 15 is 0 Å². The molecule has 0 amide bonds. The number of nitrogens with one attached hydrogen (secondary N) is 1. The van der Waals surface area contributed by atoms with E-state index in [1.54, 1.807) is 6.07 Å². The average molecular weight is 398 g/mol. The van der Waals surface area contributed by atoms with Crippen molar-refractivity contribution in [2.24, 2.45) is 0 Å². The van der Waals surface area contributed by atoms with E-state index in [0.29, 0.717) is 5.56 Å². The van der Waals surface area contributed by atoms with Gasteiger partial charge in [0, 0.05) is 29.9 Å². The van der Waals surface area contributed by atoms with Crippen molar-refractivity contribution < 1.29 is 24.4 Å². The van der Waals surface area contributed by atoms with Gasteiger partial charge >= 0.3 is 5.97 Å². The van der Waals surface area contributed by atoms with Gasteiger partial charge in [0.1, 0.15) is 0 Å². The second-order valence-electron chi connectivity index (χ2n) is 6.89. The number of aliphatic hydroxyl groups is 1. The highest BCUT2D eigenvalue weighted by atomic mass is 16.6. The van der Waals surface area contributed by atoms with Gasteiger partial charge in [0.05, 0.1) is 17.1 Å². The molecule has 1 aliphatic carbocycles. The Morgan fingerprint density at radius 1 is 1.21 bits per heavy atom. The number of nitro benzene ring substituents is 1. The fraction of sp³-hybridized carbons (Fsp3) is 0.333. The number of ketones is 1. The van der Waals surface area contributed by atoms with Crippen LogP contribution in [0.4, 0.5) is 11.4 Å². The van der Waals surface area contributed by atoms with Crippen molar-refractivity contribution in [2.45, 2.75) is 32.3 Å². The first-order valence-electron chi connectivity index (χ1n) is 9.41. The number of aliphatic hydroxyl groups excluding tert-OH is 1. The van der Waals surface area contributed by atoms with Crippen molar-refractivity contribution in [3.05, 3.63) is 68.8 Å². The standard InChI is InChI=1S/C21H22N2O6/c1-13(20(25)16-6-5-14-3-2-4-15(14)11-16)29-21(26)18-12-17(23(27)28)7-8-19(18)22-9-10-24/h5-8,11-13,22,24H,2-4,9-10H2,1H3/t13-/m1/s1. The average Bonchev–Trinajstić information content (AvgIpc) is 3.19. The molecule has 29 heavy (non-hydrogen) atoms. The molecule has 0 unspecified atom stereocenters. The molecule has 3 rings (SSSR count). The minimum absolute atomic E-state index is 0.0683. The molecule has 1 aliphatic rings. The van der Waals surface area contributed by atoms with Crippen molar-refractivity contribution >= 4 is 23.1 Å². The summed E-state index contributed by atoms with van der Waals surface area (Å²) in [5.74, 6) is -1.18. The van der Waals surface area contributed by atoms with Crippen molar-refractivity contribution in [1.29, 1.82) is 0 Å². The molecule has 1 atom stereocenters. The summed E-state index contributed by atoms with van der Waals surface area (Å²) in [5, 5.41) is 22.8. The number of hydrogen-bond acceptors (Lipinski definition) is 7. The van der Waals surface area contributed by atoms with E-state index in [-0.39, 0.29) is 35.9 Å². The van der Waals surface area contributed by atoms with Crippen LogP contribution in [0.1, 0.15) is 45.2 Å². The number of rotatable bonds is 8. The number of nitro groups is 1. The van der Waals surface area contributed by atoms with E-state index in [9.17, 15) is 19.7 Å². The number of carbonyl (C=O) groups excluding carboxylic acids is 2. The number of carbonyl (C=O) groups is 2. The number of hydrogen-bond donors (Lipinski definition) is 2. The Labute approximate surface area is 167 Å². The lowest BCUT2D eigenvalue weighted by Crippen LogP contribution is -2.25. The fourth-order valence-corrected chi connectivity index (χ4v) is 3.40. The van der Waals surface area contributed by atoms with Gasteiger partial charge in [-0.3, -0.25) is 14.9 Å². The van der Waals surface area contributed by atoms with Crippen LogP contribution in [-0.2, 0) is 17.6 Å². The quantitative estimate of drug-likeness (QED) is 0.304. The summed E-state index contributed by atoms with van der Waals surface area (Å²) >= 11 is 0. The van der Waals surface area contributed by atoms with Gasteiger partial charge < -0.3 is 15.2 Å². The number of Topliss-reactive ketones (excluding diaryl/α,β-unsaturated/α-hetero) is 1. The van der Waals surface area contributed by atoms with Crippen LogP contribution < -0.4 is 5.32 Å². The Morgan fingerprint density at radius 3 is 2.69 bits per heavy atom. The number of nitrogens with zero attached hydrogens (tertiary/aromatic N) is 1. The van der Waals surface area contributed by atoms with E-state index < -0.39 is 17.0 Å². The Morgan fingerprint density at radius 2 is 1.97 bits per heavy atom. The lowest BCUT2D eigenvalue weighted by Gasteiger charge is -2.15. The highest BCUT2D eigenvalue weighted by molar-refractivity contribution is 6.03. The van der Waals surface area contributed by atoms with E-state index in [2.05, 4.69) is 5.32 Å². The molecule has 2 aromatic rings. The molecule has 0 heterocycles. The van der Waals surface area contributed by atoms with E-state index in [1.165, 1.54) is 24.6 Å². The van der Waals surface area contributed by atoms with Crippen molar-refractivity contribution in [2.75, 3.05) is 18.5 Å². The molecule has 0 aromatic heterocycles. The first-order chi connectivity index (χ1) is 13.9. The largest absolute Gasteiger partial charge is 0.451 e. The second-order valence-corrected chi connectivity index (χ2v) is 6.89. The number of ether oxygens (including phenoxy) is 1. The Hall–Kier alpha value is -3.26. The maximum absolute atomic E-state index is 12.7. The third kappa shape index (κ3) is 4.60. The zero-order valence-corrected chi connectivity index (χ0v) is 16.0. The summed E-state index contributed by atoms with van der Waals surface area (Å²) in [6.07, 6.45) is 1.95. The molecule has 0 bridgehead atoms. The molecule has 2 aromatic carbocycles. The number of aryl methyl sites for hydroxylation is 2. The molecule has 8 nitrogen and oxygen atoms in total. The molecule has 2 N–H and O–H groups in total. The normalized spacial score (nSPS) is 13.4. The summed E-state index contributed by atoms with van der Waals surface area (Å²) < 4.78 is 5.31. The van der Waals surface area contributed by atoms with Crippen LogP contribution in [0.25, 0.3) is 0 Å². The molecule has 0 aliphatic heterocycles. The number of benzene rings is 2. The molecule has 0 saturated carbocycles. The van der Waals surface area contributed by atoms with Crippen LogP contribution in [0.15, 0.2) is 36.4 Å². The molecule has 0 radical (unpaired) electrons. The van der Waals surface area contributed by atoms with Crippen LogP contribution in [0.2, 0.25) is 0 Å². The van der Waals surface area contributed by atoms with Crippen LogP contribution in [-0.4, -0.2) is 41.0 Å². The summed E-state index contributed by atoms with van der Waals surface area (Å²) in [6.45, 7) is 1.45. The monoisotopic (exact) mass is 398 g/mol. The number of esters is 1. The van der Waals surface area contributed by atoms with Crippen molar-refractivity contribution in [1.82, 2.24) is 0 Å². The second kappa shape index (κ2) is 8.83. The van der Waals surface area contributed by atoms with Gasteiger partial charge in [0.25, 0.3) is 5.69 Å². The SMILES string of the molecule is C[C@@H](OC(=O)c1cc([N+](=O)[O-])ccc1NCCO)C(=O)c1ccc2c(c1)CCC2. The molecule has 0 fully saturated rings. The summed E-state index contributed by atoms with van der Waals surface area (Å²) in [5.41, 5.74) is 2.80. The molecule has 8 heteroatoms. The smallest absolute Gasteiger partial charge is 0.341 e. The lowest BCUT2D eigenvalue weighted by atomic mass is 10.0. The third-order valence-electron chi connectivity index (χ3n) is 4.90. The van der Waals surface area contributed by atoms with E-state index in [1.807, 2.05) is 12.1 Å². The number of non-ortho nitro benzene ring substituents is 1. The first-order valence-corrected chi connectivity index (χ1v) is 9.41. The molecule has 0 saturated heterocycles. The highest BCUT2D eigenvalue weighted by Gasteiger charge is 2.25. The maximum Gasteiger partial charge on any atom is 0.341 e. The van der Waals surface area contributed by atoms with Crippen molar-refractivity contribution in [3.8, 4) is 0 Å². The van der Waals surface area contributed by atoms with Crippen LogP contribution in [0.5, 0.6) is 0 Å². The number of anilines is 1. The molecular formula is C21H22N2O6. The lowest BCUT2D eigenvalue weighted by molar-refractivity contribution is -0.384. The van der Waals surface area contributed by atoms with Gasteiger partial charge in [0.15, 0.2) is 6.10 Å². The van der Waals surface area contributed by atoms with E-state index in [4.69, 9.17) is 9.84 Å². The van der Waals surface area contributed by atoms with Crippen LogP contribution in [0, 0.1) is 10.1 Å². The maximum atomic E-state index is 12.7. The Kier molecular flexibility index (Phi) is 6.23. The van der Waals surface area contributed by atoms with Crippen LogP contribution >= 0.6 is 0 Å². The van der Waals surface area contributed by atoms with Crippen LogP contribution in [0.3, 0.4) is 0 Å². The van der Waals surface area contributed by atoms with Gasteiger partial charge in [0.2, 0.25) is 5.78 Å². The molecule has 0 spiro atoms. The van der Waals surface area contributed by atoms with Crippen molar-refractivity contribution in [3.63, 3.8) is 0 Å².